The van der Waals surface area contributed by atoms with Crippen LogP contribution in [0.3, 0.4) is 0 Å². The highest BCUT2D eigenvalue weighted by atomic mass is 16.5. The summed E-state index contributed by atoms with van der Waals surface area (Å²) in [6.07, 6.45) is 3.38. The van der Waals surface area contributed by atoms with Crippen molar-refractivity contribution in [3.8, 4) is 5.75 Å². The van der Waals surface area contributed by atoms with Crippen molar-refractivity contribution in [2.45, 2.75) is 13.0 Å². The number of tetrazole rings is 1. The average molecular weight is 363 g/mol. The van der Waals surface area contributed by atoms with Gasteiger partial charge in [0.05, 0.1) is 12.7 Å². The Morgan fingerprint density at radius 3 is 2.78 bits per heavy atom. The number of nitrogens with one attached hydrogen (secondary N) is 2. The third-order valence-electron chi connectivity index (χ3n) is 4.31. The highest BCUT2D eigenvalue weighted by Gasteiger charge is 2.34. The summed E-state index contributed by atoms with van der Waals surface area (Å²) in [7, 11) is 1.59. The summed E-state index contributed by atoms with van der Waals surface area (Å²) in [4.78, 5) is 17.3. The molecular formula is C18H17N7O2. The SMILES string of the molecule is COc1ccc(NC(=O)C2=C(C)Nc3nnnn3[C@H]2c2cccnc2)cc1. The Hall–Kier alpha value is -3.75. The number of fused-ring (bicyclic) bond motifs is 1. The summed E-state index contributed by atoms with van der Waals surface area (Å²) in [6.45, 7) is 1.82. The molecule has 2 N–H and O–H groups in total. The first-order chi connectivity index (χ1) is 13.2. The van der Waals surface area contributed by atoms with E-state index in [1.807, 2.05) is 19.1 Å². The zero-order chi connectivity index (χ0) is 18.8. The second-order valence-corrected chi connectivity index (χ2v) is 5.98. The van der Waals surface area contributed by atoms with Gasteiger partial charge in [-0.3, -0.25) is 9.78 Å². The normalized spacial score (nSPS) is 15.7. The molecule has 2 aromatic heterocycles. The zero-order valence-corrected chi connectivity index (χ0v) is 14.7. The molecule has 4 rings (SSSR count). The highest BCUT2D eigenvalue weighted by molar-refractivity contribution is 6.06. The summed E-state index contributed by atoms with van der Waals surface area (Å²) in [5.74, 6) is 0.941. The van der Waals surface area contributed by atoms with Gasteiger partial charge in [0.2, 0.25) is 5.95 Å². The third-order valence-corrected chi connectivity index (χ3v) is 4.31. The fourth-order valence-electron chi connectivity index (χ4n) is 3.03. The number of ether oxygens (including phenoxy) is 1. The minimum Gasteiger partial charge on any atom is -0.497 e. The second kappa shape index (κ2) is 6.87. The molecule has 1 aliphatic rings. The summed E-state index contributed by atoms with van der Waals surface area (Å²) in [6, 6.07) is 10.4. The van der Waals surface area contributed by atoms with Crippen LogP contribution in [0, 0.1) is 0 Å². The van der Waals surface area contributed by atoms with Gasteiger partial charge in [-0.25, -0.2) is 0 Å². The van der Waals surface area contributed by atoms with Crippen LogP contribution in [-0.4, -0.2) is 38.2 Å². The van der Waals surface area contributed by atoms with E-state index in [9.17, 15) is 4.79 Å². The van der Waals surface area contributed by atoms with Gasteiger partial charge in [-0.05, 0) is 53.2 Å². The maximum Gasteiger partial charge on any atom is 0.255 e. The lowest BCUT2D eigenvalue weighted by Crippen LogP contribution is -2.31. The van der Waals surface area contributed by atoms with Gasteiger partial charge in [-0.15, -0.1) is 0 Å². The molecule has 0 saturated carbocycles. The molecule has 0 bridgehead atoms. The van der Waals surface area contributed by atoms with Crippen LogP contribution in [0.25, 0.3) is 0 Å². The largest absolute Gasteiger partial charge is 0.497 e. The minimum atomic E-state index is -0.483. The van der Waals surface area contributed by atoms with Crippen LogP contribution >= 0.6 is 0 Å². The fraction of sp³-hybridized carbons (Fsp3) is 0.167. The molecule has 0 unspecified atom stereocenters. The van der Waals surface area contributed by atoms with Crippen molar-refractivity contribution in [3.63, 3.8) is 0 Å². The van der Waals surface area contributed by atoms with Gasteiger partial charge in [0.15, 0.2) is 0 Å². The Kier molecular flexibility index (Phi) is 4.25. The van der Waals surface area contributed by atoms with Crippen LogP contribution in [-0.2, 0) is 4.79 Å². The number of benzene rings is 1. The van der Waals surface area contributed by atoms with E-state index >= 15 is 0 Å². The van der Waals surface area contributed by atoms with Crippen LogP contribution in [0.2, 0.25) is 0 Å². The number of allylic oxidation sites excluding steroid dienone is 1. The third kappa shape index (κ3) is 3.10. The molecule has 3 aromatic rings. The fourth-order valence-corrected chi connectivity index (χ4v) is 3.03. The molecule has 136 valence electrons. The van der Waals surface area contributed by atoms with Gasteiger partial charge >= 0.3 is 0 Å². The van der Waals surface area contributed by atoms with Crippen molar-refractivity contribution in [2.24, 2.45) is 0 Å². The predicted octanol–water partition coefficient (Wildman–Crippen LogP) is 2.00. The average Bonchev–Trinajstić information content (AvgIpc) is 3.16. The molecule has 1 aromatic carbocycles. The number of hydrogen-bond acceptors (Lipinski definition) is 7. The molecule has 0 spiro atoms. The number of carbonyl (C=O) groups excluding carboxylic acids is 1. The Labute approximate surface area is 155 Å². The Bertz CT molecular complexity index is 996. The van der Waals surface area contributed by atoms with Crippen molar-refractivity contribution in [2.75, 3.05) is 17.7 Å². The van der Waals surface area contributed by atoms with E-state index < -0.39 is 6.04 Å². The van der Waals surface area contributed by atoms with Gasteiger partial charge in [0.1, 0.15) is 11.8 Å². The van der Waals surface area contributed by atoms with Gasteiger partial charge in [0.25, 0.3) is 5.91 Å². The summed E-state index contributed by atoms with van der Waals surface area (Å²) < 4.78 is 6.72. The van der Waals surface area contributed by atoms with E-state index in [2.05, 4.69) is 31.1 Å². The van der Waals surface area contributed by atoms with E-state index in [-0.39, 0.29) is 5.91 Å². The number of anilines is 2. The standard InChI is InChI=1S/C18H17N7O2/c1-11-15(17(26)21-13-5-7-14(27-2)8-6-13)16(12-4-3-9-19-10-12)25-18(20-11)22-23-24-25/h3-10,16H,1-2H3,(H,21,26)(H,20,22,24)/t16-/m0/s1. The molecule has 0 aliphatic carbocycles. The Morgan fingerprint density at radius 1 is 1.26 bits per heavy atom. The first-order valence-electron chi connectivity index (χ1n) is 8.28. The zero-order valence-electron chi connectivity index (χ0n) is 14.7. The summed E-state index contributed by atoms with van der Waals surface area (Å²) in [5, 5.41) is 17.7. The molecule has 0 fully saturated rings. The molecular weight excluding hydrogens is 346 g/mol. The molecule has 1 amide bonds. The van der Waals surface area contributed by atoms with Crippen molar-refractivity contribution < 1.29 is 9.53 Å². The number of amides is 1. The van der Waals surface area contributed by atoms with Crippen LogP contribution in [0.15, 0.2) is 60.1 Å². The summed E-state index contributed by atoms with van der Waals surface area (Å²) in [5.41, 5.74) is 2.66. The maximum atomic E-state index is 13.1. The van der Waals surface area contributed by atoms with Crippen molar-refractivity contribution in [3.05, 3.63) is 65.6 Å². The first kappa shape index (κ1) is 16.7. The Balaban J connectivity index is 1.70. The van der Waals surface area contributed by atoms with Crippen molar-refractivity contribution >= 4 is 17.5 Å². The van der Waals surface area contributed by atoms with Crippen LogP contribution in [0.4, 0.5) is 11.6 Å². The van der Waals surface area contributed by atoms with Crippen molar-refractivity contribution in [1.29, 1.82) is 0 Å². The number of rotatable bonds is 4. The van der Waals surface area contributed by atoms with Crippen LogP contribution < -0.4 is 15.4 Å². The smallest absolute Gasteiger partial charge is 0.255 e. The molecule has 3 heterocycles. The van der Waals surface area contributed by atoms with Gasteiger partial charge in [-0.1, -0.05) is 11.2 Å². The number of hydrogen-bond donors (Lipinski definition) is 2. The van der Waals surface area contributed by atoms with E-state index in [4.69, 9.17) is 4.74 Å². The van der Waals surface area contributed by atoms with Gasteiger partial charge in [-0.2, -0.15) is 4.68 Å². The minimum absolute atomic E-state index is 0.250. The van der Waals surface area contributed by atoms with Crippen LogP contribution in [0.5, 0.6) is 5.75 Å². The quantitative estimate of drug-likeness (QED) is 0.730. The molecule has 1 atom stereocenters. The maximum absolute atomic E-state index is 13.1. The number of aromatic nitrogens is 5. The summed E-state index contributed by atoms with van der Waals surface area (Å²) >= 11 is 0. The lowest BCUT2D eigenvalue weighted by molar-refractivity contribution is -0.113. The van der Waals surface area contributed by atoms with E-state index in [0.717, 1.165) is 5.56 Å². The van der Waals surface area contributed by atoms with E-state index in [1.165, 1.54) is 0 Å². The van der Waals surface area contributed by atoms with Crippen molar-refractivity contribution in [1.82, 2.24) is 25.2 Å². The molecule has 9 heteroatoms. The van der Waals surface area contributed by atoms with E-state index in [0.29, 0.717) is 28.7 Å². The number of pyridine rings is 1. The second-order valence-electron chi connectivity index (χ2n) is 5.98. The molecule has 0 saturated heterocycles. The van der Waals surface area contributed by atoms with Crippen LogP contribution in [0.1, 0.15) is 18.5 Å². The van der Waals surface area contributed by atoms with E-state index in [1.54, 1.807) is 48.5 Å². The molecule has 0 radical (unpaired) electrons. The molecule has 9 nitrogen and oxygen atoms in total. The number of carbonyl (C=O) groups is 1. The lowest BCUT2D eigenvalue weighted by Gasteiger charge is -2.27. The lowest BCUT2D eigenvalue weighted by atomic mass is 9.96. The van der Waals surface area contributed by atoms with Gasteiger partial charge < -0.3 is 15.4 Å². The van der Waals surface area contributed by atoms with Gasteiger partial charge in [0, 0.05) is 23.8 Å². The number of methoxy groups -OCH3 is 1. The predicted molar refractivity (Wildman–Crippen MR) is 98.1 cm³/mol. The number of nitrogens with zero attached hydrogens (tertiary/aromatic N) is 5. The monoisotopic (exact) mass is 363 g/mol. The highest BCUT2D eigenvalue weighted by Crippen LogP contribution is 2.34. The topological polar surface area (TPSA) is 107 Å². The molecule has 1 aliphatic heterocycles. The Morgan fingerprint density at radius 2 is 2.07 bits per heavy atom. The first-order valence-corrected chi connectivity index (χ1v) is 8.28. The molecule has 27 heavy (non-hydrogen) atoms.